The van der Waals surface area contributed by atoms with E-state index in [0.717, 1.165) is 11.3 Å². The molecule has 7 nitrogen and oxygen atoms in total. The van der Waals surface area contributed by atoms with Crippen LogP contribution in [0.2, 0.25) is 5.02 Å². The number of anilines is 1. The first kappa shape index (κ1) is 25.7. The molecule has 4 rings (SSSR count). The maximum absolute atomic E-state index is 14.2. The lowest BCUT2D eigenvalue weighted by Gasteiger charge is -2.21. The van der Waals surface area contributed by atoms with E-state index in [4.69, 9.17) is 16.3 Å². The quantitative estimate of drug-likeness (QED) is 0.292. The molecule has 2 amide bonds. The van der Waals surface area contributed by atoms with Gasteiger partial charge in [0.05, 0.1) is 18.4 Å². The zero-order valence-corrected chi connectivity index (χ0v) is 20.8. The molecule has 0 saturated carbocycles. The van der Waals surface area contributed by atoms with Crippen LogP contribution in [0.5, 0.6) is 5.75 Å². The topological polar surface area (TPSA) is 76.5 Å². The molecular formula is C28H24ClFN4O3. The number of nitrogens with one attached hydrogen (secondary N) is 1. The second kappa shape index (κ2) is 11.5. The van der Waals surface area contributed by atoms with Gasteiger partial charge in [-0.05, 0) is 48.5 Å². The number of methoxy groups -OCH3 is 1. The zero-order valence-electron chi connectivity index (χ0n) is 20.0. The number of hydrogen-bond acceptors (Lipinski definition) is 4. The summed E-state index contributed by atoms with van der Waals surface area (Å²) in [6.07, 6.45) is 3.26. The number of carbonyl (C=O) groups excluding carboxylic acids is 2. The highest BCUT2D eigenvalue weighted by Crippen LogP contribution is 2.26. The van der Waals surface area contributed by atoms with E-state index in [-0.39, 0.29) is 24.6 Å². The maximum atomic E-state index is 14.2. The van der Waals surface area contributed by atoms with Gasteiger partial charge in [-0.25, -0.2) is 9.37 Å². The molecule has 9 heteroatoms. The van der Waals surface area contributed by atoms with Crippen molar-refractivity contribution in [2.24, 2.45) is 0 Å². The first-order chi connectivity index (χ1) is 17.9. The van der Waals surface area contributed by atoms with Crippen LogP contribution < -0.4 is 10.1 Å². The van der Waals surface area contributed by atoms with E-state index in [9.17, 15) is 14.0 Å². The van der Waals surface area contributed by atoms with Gasteiger partial charge in [-0.15, -0.1) is 6.58 Å². The summed E-state index contributed by atoms with van der Waals surface area (Å²) in [6, 6.07) is 20.0. The molecular weight excluding hydrogens is 495 g/mol. The Labute approximate surface area is 218 Å². The van der Waals surface area contributed by atoms with Crippen LogP contribution in [0, 0.1) is 5.82 Å². The summed E-state index contributed by atoms with van der Waals surface area (Å²) < 4.78 is 21.2. The van der Waals surface area contributed by atoms with Crippen LogP contribution >= 0.6 is 11.6 Å². The van der Waals surface area contributed by atoms with E-state index in [0.29, 0.717) is 16.5 Å². The van der Waals surface area contributed by atoms with E-state index >= 15 is 0 Å². The van der Waals surface area contributed by atoms with Gasteiger partial charge in [-0.3, -0.25) is 19.5 Å². The van der Waals surface area contributed by atoms with E-state index in [1.54, 1.807) is 48.2 Å². The third kappa shape index (κ3) is 6.05. The second-order valence-electron chi connectivity index (χ2n) is 8.03. The van der Waals surface area contributed by atoms with Crippen LogP contribution in [-0.4, -0.2) is 46.5 Å². The van der Waals surface area contributed by atoms with Crippen molar-refractivity contribution in [2.45, 2.75) is 0 Å². The summed E-state index contributed by atoms with van der Waals surface area (Å²) in [7, 11) is 1.58. The predicted octanol–water partition coefficient (Wildman–Crippen LogP) is 5.61. The summed E-state index contributed by atoms with van der Waals surface area (Å²) in [6.45, 7) is 3.38. The van der Waals surface area contributed by atoms with Gasteiger partial charge in [0.25, 0.3) is 5.91 Å². The fraction of sp³-hybridized carbons (Fsp3) is 0.107. The van der Waals surface area contributed by atoms with Crippen LogP contribution in [0.25, 0.3) is 16.9 Å². The van der Waals surface area contributed by atoms with E-state index in [2.05, 4.69) is 16.9 Å². The fourth-order valence-corrected chi connectivity index (χ4v) is 3.81. The average molecular weight is 519 g/mol. The number of benzene rings is 3. The molecule has 0 aliphatic rings. The van der Waals surface area contributed by atoms with Crippen LogP contribution in [0.1, 0.15) is 10.4 Å². The predicted molar refractivity (Wildman–Crippen MR) is 142 cm³/mol. The molecule has 0 saturated heterocycles. The number of imidazole rings is 1. The third-order valence-corrected chi connectivity index (χ3v) is 5.78. The van der Waals surface area contributed by atoms with Gasteiger partial charge in [0.15, 0.2) is 0 Å². The van der Waals surface area contributed by atoms with Gasteiger partial charge in [-0.1, -0.05) is 41.9 Å². The van der Waals surface area contributed by atoms with Crippen molar-refractivity contribution in [2.75, 3.05) is 25.5 Å². The van der Waals surface area contributed by atoms with Crippen molar-refractivity contribution in [3.05, 3.63) is 108 Å². The molecule has 0 radical (unpaired) electrons. The molecule has 1 heterocycles. The largest absolute Gasteiger partial charge is 0.497 e. The lowest BCUT2D eigenvalue weighted by Crippen LogP contribution is -2.38. The minimum atomic E-state index is -0.662. The van der Waals surface area contributed by atoms with Crippen LogP contribution in [0.4, 0.5) is 10.3 Å². The number of rotatable bonds is 9. The number of amides is 2. The van der Waals surface area contributed by atoms with Gasteiger partial charge in [0, 0.05) is 29.0 Å². The summed E-state index contributed by atoms with van der Waals surface area (Å²) in [5.41, 5.74) is 2.01. The smallest absolute Gasteiger partial charge is 0.257 e. The van der Waals surface area contributed by atoms with Crippen LogP contribution in [-0.2, 0) is 4.79 Å². The SMILES string of the molecule is C=CCN(CC(=O)Nc1nc(-c2ccc(Cl)cc2)cn1-c1ccc(OC)cc1)C(=O)c1ccccc1F. The molecule has 1 aromatic heterocycles. The third-order valence-electron chi connectivity index (χ3n) is 5.52. The molecule has 1 N–H and O–H groups in total. The lowest BCUT2D eigenvalue weighted by molar-refractivity contribution is -0.116. The van der Waals surface area contributed by atoms with E-state index < -0.39 is 17.6 Å². The molecule has 0 fully saturated rings. The summed E-state index contributed by atoms with van der Waals surface area (Å²) in [5, 5.41) is 3.37. The Morgan fingerprint density at radius 3 is 2.46 bits per heavy atom. The first-order valence-corrected chi connectivity index (χ1v) is 11.7. The molecule has 0 unspecified atom stereocenters. The van der Waals surface area contributed by atoms with Crippen molar-refractivity contribution in [3.63, 3.8) is 0 Å². The highest BCUT2D eigenvalue weighted by Gasteiger charge is 2.22. The number of nitrogens with zero attached hydrogens (tertiary/aromatic N) is 3. The van der Waals surface area contributed by atoms with Crippen molar-refractivity contribution in [1.82, 2.24) is 14.5 Å². The molecule has 3 aromatic carbocycles. The number of halogens is 2. The van der Waals surface area contributed by atoms with Gasteiger partial charge in [-0.2, -0.15) is 0 Å². The standard InChI is InChI=1S/C28H24ClFN4O3/c1-3-16-33(27(36)23-6-4-5-7-24(23)30)18-26(35)32-28-31-25(19-8-10-20(29)11-9-19)17-34(28)21-12-14-22(37-2)15-13-21/h3-15,17H,1,16,18H2,2H3,(H,31,32,35). The van der Waals surface area contributed by atoms with Crippen molar-refractivity contribution < 1.29 is 18.7 Å². The Morgan fingerprint density at radius 1 is 1.11 bits per heavy atom. The molecule has 188 valence electrons. The first-order valence-electron chi connectivity index (χ1n) is 11.3. The van der Waals surface area contributed by atoms with E-state index in [1.807, 2.05) is 24.3 Å². The lowest BCUT2D eigenvalue weighted by atomic mass is 10.2. The molecule has 0 aliphatic heterocycles. The normalized spacial score (nSPS) is 10.6. The summed E-state index contributed by atoms with van der Waals surface area (Å²) in [4.78, 5) is 31.8. The number of hydrogen-bond donors (Lipinski definition) is 1. The van der Waals surface area contributed by atoms with Gasteiger partial charge < -0.3 is 9.64 Å². The van der Waals surface area contributed by atoms with Crippen molar-refractivity contribution in [1.29, 1.82) is 0 Å². The minimum absolute atomic E-state index is 0.0591. The number of carbonyl (C=O) groups is 2. The van der Waals surface area contributed by atoms with Crippen molar-refractivity contribution >= 4 is 29.4 Å². The zero-order chi connectivity index (χ0) is 26.4. The highest BCUT2D eigenvalue weighted by atomic mass is 35.5. The Bertz CT molecular complexity index is 1420. The molecule has 0 atom stereocenters. The van der Waals surface area contributed by atoms with Gasteiger partial charge >= 0.3 is 0 Å². The Kier molecular flexibility index (Phi) is 8.00. The Morgan fingerprint density at radius 2 is 1.81 bits per heavy atom. The second-order valence-corrected chi connectivity index (χ2v) is 8.46. The molecule has 0 bridgehead atoms. The van der Waals surface area contributed by atoms with Crippen LogP contribution in [0.3, 0.4) is 0 Å². The average Bonchev–Trinajstić information content (AvgIpc) is 3.32. The molecule has 0 aliphatic carbocycles. The maximum Gasteiger partial charge on any atom is 0.257 e. The van der Waals surface area contributed by atoms with Gasteiger partial charge in [0.1, 0.15) is 18.1 Å². The fourth-order valence-electron chi connectivity index (χ4n) is 3.69. The monoisotopic (exact) mass is 518 g/mol. The number of aromatic nitrogens is 2. The molecule has 4 aromatic rings. The highest BCUT2D eigenvalue weighted by molar-refractivity contribution is 6.30. The number of ether oxygens (including phenoxy) is 1. The summed E-state index contributed by atoms with van der Waals surface area (Å²) in [5.74, 6) is -0.858. The minimum Gasteiger partial charge on any atom is -0.497 e. The van der Waals surface area contributed by atoms with Crippen LogP contribution in [0.15, 0.2) is 91.6 Å². The van der Waals surface area contributed by atoms with Gasteiger partial charge in [0.2, 0.25) is 11.9 Å². The summed E-state index contributed by atoms with van der Waals surface area (Å²) >= 11 is 6.03. The van der Waals surface area contributed by atoms with E-state index in [1.165, 1.54) is 29.2 Å². The molecule has 37 heavy (non-hydrogen) atoms. The Balaban J connectivity index is 1.62. The van der Waals surface area contributed by atoms with Crippen molar-refractivity contribution in [3.8, 4) is 22.7 Å². The molecule has 0 spiro atoms. The Hall–Kier alpha value is -4.43.